The largest absolute Gasteiger partial charge is 0.398 e. The van der Waals surface area contributed by atoms with E-state index in [1.165, 1.54) is 0 Å². The zero-order chi connectivity index (χ0) is 12.3. The number of amides is 1. The summed E-state index contributed by atoms with van der Waals surface area (Å²) in [4.78, 5) is 11.9. The third-order valence-corrected chi connectivity index (χ3v) is 3.10. The Balaban J connectivity index is 1.99. The van der Waals surface area contributed by atoms with Gasteiger partial charge in [-0.2, -0.15) is 0 Å². The zero-order valence-electron chi connectivity index (χ0n) is 9.41. The van der Waals surface area contributed by atoms with Gasteiger partial charge < -0.3 is 15.8 Å². The number of nitrogen functional groups attached to an aromatic ring is 1. The van der Waals surface area contributed by atoms with Crippen molar-refractivity contribution in [2.24, 2.45) is 0 Å². The van der Waals surface area contributed by atoms with Gasteiger partial charge in [0.25, 0.3) is 5.91 Å². The van der Waals surface area contributed by atoms with Gasteiger partial charge >= 0.3 is 0 Å². The lowest BCUT2D eigenvalue weighted by atomic mass is 10.1. The van der Waals surface area contributed by atoms with Crippen LogP contribution < -0.4 is 11.1 Å². The van der Waals surface area contributed by atoms with Crippen molar-refractivity contribution in [1.82, 2.24) is 5.32 Å². The molecular formula is C12H15ClN2O2. The summed E-state index contributed by atoms with van der Waals surface area (Å²) in [5.74, 6) is -0.247. The van der Waals surface area contributed by atoms with Gasteiger partial charge in [0.1, 0.15) is 0 Å². The van der Waals surface area contributed by atoms with Crippen LogP contribution in [-0.4, -0.2) is 25.2 Å². The summed E-state index contributed by atoms with van der Waals surface area (Å²) in [5.41, 5.74) is 6.46. The van der Waals surface area contributed by atoms with Crippen LogP contribution in [0.1, 0.15) is 23.2 Å². The molecule has 0 radical (unpaired) electrons. The second-order valence-electron chi connectivity index (χ2n) is 4.05. The summed E-state index contributed by atoms with van der Waals surface area (Å²) in [5, 5.41) is 3.16. The molecule has 1 aliphatic heterocycles. The molecule has 1 saturated heterocycles. The minimum atomic E-state index is -0.247. The normalized spacial score (nSPS) is 19.2. The lowest BCUT2D eigenvalue weighted by Crippen LogP contribution is -2.32. The molecule has 1 aromatic carbocycles. The number of nitrogens with two attached hydrogens (primary N) is 1. The van der Waals surface area contributed by atoms with Crippen LogP contribution in [0.5, 0.6) is 0 Å². The van der Waals surface area contributed by atoms with Crippen molar-refractivity contribution in [3.8, 4) is 0 Å². The molecule has 0 bridgehead atoms. The van der Waals surface area contributed by atoms with Crippen LogP contribution in [0.2, 0.25) is 5.02 Å². The Labute approximate surface area is 105 Å². The van der Waals surface area contributed by atoms with Gasteiger partial charge in [0.15, 0.2) is 0 Å². The number of hydrogen-bond acceptors (Lipinski definition) is 3. The first-order valence-electron chi connectivity index (χ1n) is 5.62. The summed E-state index contributed by atoms with van der Waals surface area (Å²) in [6.07, 6.45) is 2.15. The number of nitrogens with one attached hydrogen (secondary N) is 1. The Hall–Kier alpha value is -1.26. The lowest BCUT2D eigenvalue weighted by molar-refractivity contribution is 0.0858. The van der Waals surface area contributed by atoms with E-state index in [1.54, 1.807) is 18.2 Å². The number of anilines is 1. The smallest absolute Gasteiger partial charge is 0.254 e. The summed E-state index contributed by atoms with van der Waals surface area (Å²) in [7, 11) is 0. The van der Waals surface area contributed by atoms with Gasteiger partial charge in [0.05, 0.1) is 16.7 Å². The first-order valence-corrected chi connectivity index (χ1v) is 6.00. The highest BCUT2D eigenvalue weighted by Gasteiger charge is 2.18. The van der Waals surface area contributed by atoms with Crippen LogP contribution in [0.4, 0.5) is 5.69 Å². The zero-order valence-corrected chi connectivity index (χ0v) is 10.2. The van der Waals surface area contributed by atoms with E-state index in [4.69, 9.17) is 22.1 Å². The van der Waals surface area contributed by atoms with E-state index in [-0.39, 0.29) is 12.0 Å². The lowest BCUT2D eigenvalue weighted by Gasteiger charge is -2.12. The standard InChI is InChI=1S/C12H15ClN2O2/c13-9-4-1-5-10(14)11(9)12(16)15-7-8-3-2-6-17-8/h1,4-5,8H,2-3,6-7,14H2,(H,15,16). The molecule has 0 saturated carbocycles. The van der Waals surface area contributed by atoms with E-state index < -0.39 is 0 Å². The van der Waals surface area contributed by atoms with Crippen LogP contribution in [0, 0.1) is 0 Å². The Morgan fingerprint density at radius 3 is 3.06 bits per heavy atom. The number of carbonyl (C=O) groups is 1. The van der Waals surface area contributed by atoms with Crippen LogP contribution >= 0.6 is 11.6 Å². The molecular weight excluding hydrogens is 240 g/mol. The molecule has 1 heterocycles. The third kappa shape index (κ3) is 2.90. The average Bonchev–Trinajstić information content (AvgIpc) is 2.79. The van der Waals surface area contributed by atoms with Crippen LogP contribution in [0.25, 0.3) is 0 Å². The molecule has 0 aromatic heterocycles. The first-order chi connectivity index (χ1) is 8.18. The van der Waals surface area contributed by atoms with Gasteiger partial charge in [-0.05, 0) is 25.0 Å². The van der Waals surface area contributed by atoms with Gasteiger partial charge in [-0.25, -0.2) is 0 Å². The predicted molar refractivity (Wildman–Crippen MR) is 67.2 cm³/mol. The Kier molecular flexibility index (Phi) is 3.86. The van der Waals surface area contributed by atoms with Gasteiger partial charge in [-0.15, -0.1) is 0 Å². The number of ether oxygens (including phenoxy) is 1. The fourth-order valence-corrected chi connectivity index (χ4v) is 2.15. The molecule has 5 heteroatoms. The van der Waals surface area contributed by atoms with Crippen LogP contribution in [0.3, 0.4) is 0 Å². The van der Waals surface area contributed by atoms with E-state index >= 15 is 0 Å². The highest BCUT2D eigenvalue weighted by Crippen LogP contribution is 2.21. The highest BCUT2D eigenvalue weighted by molar-refractivity contribution is 6.34. The Bertz CT molecular complexity index is 397. The second-order valence-corrected chi connectivity index (χ2v) is 4.46. The second kappa shape index (κ2) is 5.38. The highest BCUT2D eigenvalue weighted by atomic mass is 35.5. The molecule has 3 N–H and O–H groups in total. The number of carbonyl (C=O) groups excluding carboxylic acids is 1. The van der Waals surface area contributed by atoms with Gasteiger partial charge in [0, 0.05) is 18.8 Å². The average molecular weight is 255 g/mol. The molecule has 1 fully saturated rings. The number of hydrogen-bond donors (Lipinski definition) is 2. The number of benzene rings is 1. The molecule has 92 valence electrons. The van der Waals surface area contributed by atoms with Crippen molar-refractivity contribution >= 4 is 23.2 Å². The molecule has 17 heavy (non-hydrogen) atoms. The number of halogens is 1. The van der Waals surface area contributed by atoms with E-state index in [9.17, 15) is 4.79 Å². The van der Waals surface area contributed by atoms with Crippen molar-refractivity contribution < 1.29 is 9.53 Å². The van der Waals surface area contributed by atoms with Crippen molar-refractivity contribution in [3.05, 3.63) is 28.8 Å². The summed E-state index contributed by atoms with van der Waals surface area (Å²) < 4.78 is 5.42. The Morgan fingerprint density at radius 2 is 2.41 bits per heavy atom. The number of rotatable bonds is 3. The molecule has 4 nitrogen and oxygen atoms in total. The van der Waals surface area contributed by atoms with E-state index in [1.807, 2.05) is 0 Å². The van der Waals surface area contributed by atoms with E-state index in [0.29, 0.717) is 22.8 Å². The minimum absolute atomic E-state index is 0.114. The Morgan fingerprint density at radius 1 is 1.59 bits per heavy atom. The van der Waals surface area contributed by atoms with Crippen molar-refractivity contribution in [2.45, 2.75) is 18.9 Å². The van der Waals surface area contributed by atoms with E-state index in [2.05, 4.69) is 5.32 Å². The summed E-state index contributed by atoms with van der Waals surface area (Å²) in [6, 6.07) is 5.03. The molecule has 1 aromatic rings. The third-order valence-electron chi connectivity index (χ3n) is 2.79. The van der Waals surface area contributed by atoms with Gasteiger partial charge in [0.2, 0.25) is 0 Å². The molecule has 1 unspecified atom stereocenters. The molecule has 1 atom stereocenters. The molecule has 1 amide bonds. The van der Waals surface area contributed by atoms with Gasteiger partial charge in [-0.1, -0.05) is 17.7 Å². The van der Waals surface area contributed by atoms with Crippen molar-refractivity contribution in [3.63, 3.8) is 0 Å². The molecule has 2 rings (SSSR count). The van der Waals surface area contributed by atoms with Crippen LogP contribution in [0.15, 0.2) is 18.2 Å². The maximum Gasteiger partial charge on any atom is 0.254 e. The maximum atomic E-state index is 11.9. The topological polar surface area (TPSA) is 64.4 Å². The van der Waals surface area contributed by atoms with Crippen LogP contribution in [-0.2, 0) is 4.74 Å². The fraction of sp³-hybridized carbons (Fsp3) is 0.417. The monoisotopic (exact) mass is 254 g/mol. The molecule has 0 spiro atoms. The van der Waals surface area contributed by atoms with E-state index in [0.717, 1.165) is 19.4 Å². The molecule has 0 aliphatic carbocycles. The van der Waals surface area contributed by atoms with Crippen molar-refractivity contribution in [2.75, 3.05) is 18.9 Å². The SMILES string of the molecule is Nc1cccc(Cl)c1C(=O)NCC1CCCO1. The minimum Gasteiger partial charge on any atom is -0.398 e. The molecule has 1 aliphatic rings. The first kappa shape index (κ1) is 12.2. The maximum absolute atomic E-state index is 11.9. The fourth-order valence-electron chi connectivity index (χ4n) is 1.88. The quantitative estimate of drug-likeness (QED) is 0.809. The summed E-state index contributed by atoms with van der Waals surface area (Å²) in [6.45, 7) is 1.28. The van der Waals surface area contributed by atoms with Gasteiger partial charge in [-0.3, -0.25) is 4.79 Å². The predicted octanol–water partition coefficient (Wildman–Crippen LogP) is 1.83. The summed E-state index contributed by atoms with van der Waals surface area (Å²) >= 11 is 5.95. The van der Waals surface area contributed by atoms with Crippen molar-refractivity contribution in [1.29, 1.82) is 0 Å².